The van der Waals surface area contributed by atoms with E-state index in [0.29, 0.717) is 11.1 Å². The third kappa shape index (κ3) is 3.10. The zero-order valence-corrected chi connectivity index (χ0v) is 11.2. The molecule has 1 aromatic heterocycles. The Balaban J connectivity index is 2.21. The van der Waals surface area contributed by atoms with Crippen LogP contribution in [0.3, 0.4) is 0 Å². The van der Waals surface area contributed by atoms with Crippen LogP contribution in [0.4, 0.5) is 5.69 Å². The second-order valence-corrected chi connectivity index (χ2v) is 4.48. The van der Waals surface area contributed by atoms with E-state index in [9.17, 15) is 14.9 Å². The van der Waals surface area contributed by atoms with Crippen LogP contribution in [0.25, 0.3) is 6.08 Å². The predicted octanol–water partition coefficient (Wildman–Crippen LogP) is 2.88. The second kappa shape index (κ2) is 5.66. The minimum atomic E-state index is -0.567. The highest BCUT2D eigenvalue weighted by molar-refractivity contribution is 6.32. The van der Waals surface area contributed by atoms with Crippen LogP contribution in [0.15, 0.2) is 36.7 Å². The van der Waals surface area contributed by atoms with E-state index in [-0.39, 0.29) is 16.5 Å². The molecule has 20 heavy (non-hydrogen) atoms. The van der Waals surface area contributed by atoms with Gasteiger partial charge in [-0.3, -0.25) is 19.6 Å². The maximum Gasteiger partial charge on any atom is 0.288 e. The van der Waals surface area contributed by atoms with Crippen LogP contribution >= 0.6 is 11.6 Å². The molecule has 0 radical (unpaired) electrons. The lowest BCUT2D eigenvalue weighted by Crippen LogP contribution is -1.92. The van der Waals surface area contributed by atoms with Gasteiger partial charge in [0.05, 0.1) is 16.7 Å². The van der Waals surface area contributed by atoms with E-state index < -0.39 is 4.92 Å². The van der Waals surface area contributed by atoms with Gasteiger partial charge in [-0.15, -0.1) is 0 Å². The molecule has 0 aliphatic heterocycles. The lowest BCUT2D eigenvalue weighted by molar-refractivity contribution is -0.384. The first kappa shape index (κ1) is 14.0. The van der Waals surface area contributed by atoms with Crippen LogP contribution in [-0.4, -0.2) is 20.5 Å². The number of hydrogen-bond acceptors (Lipinski definition) is 4. The predicted molar refractivity (Wildman–Crippen MR) is 74.7 cm³/mol. The molecule has 1 aromatic carbocycles. The fourth-order valence-corrected chi connectivity index (χ4v) is 1.78. The molecule has 0 aliphatic carbocycles. The van der Waals surface area contributed by atoms with Crippen molar-refractivity contribution in [3.63, 3.8) is 0 Å². The average Bonchev–Trinajstić information content (AvgIpc) is 2.84. The lowest BCUT2D eigenvalue weighted by Gasteiger charge is -1.97. The molecule has 0 amide bonds. The van der Waals surface area contributed by atoms with Gasteiger partial charge in [-0.25, -0.2) is 0 Å². The van der Waals surface area contributed by atoms with E-state index >= 15 is 0 Å². The highest BCUT2D eigenvalue weighted by Crippen LogP contribution is 2.25. The summed E-state index contributed by atoms with van der Waals surface area (Å²) in [6.07, 6.45) is 5.89. The summed E-state index contributed by atoms with van der Waals surface area (Å²) in [6, 6.07) is 4.34. The van der Waals surface area contributed by atoms with Crippen molar-refractivity contribution in [1.29, 1.82) is 0 Å². The molecular weight excluding hydrogens is 282 g/mol. The van der Waals surface area contributed by atoms with Crippen molar-refractivity contribution in [2.75, 3.05) is 0 Å². The molecule has 7 heteroatoms. The summed E-state index contributed by atoms with van der Waals surface area (Å²) in [5.41, 5.74) is 0.785. The number of nitro groups is 1. The Morgan fingerprint density at radius 2 is 2.25 bits per heavy atom. The quantitative estimate of drug-likeness (QED) is 0.375. The number of ketones is 1. The average molecular weight is 292 g/mol. The van der Waals surface area contributed by atoms with Gasteiger partial charge in [-0.05, 0) is 17.7 Å². The highest BCUT2D eigenvalue weighted by atomic mass is 35.5. The van der Waals surface area contributed by atoms with Crippen molar-refractivity contribution in [2.24, 2.45) is 7.05 Å². The van der Waals surface area contributed by atoms with Crippen molar-refractivity contribution in [2.45, 2.75) is 0 Å². The number of hydrogen-bond donors (Lipinski definition) is 0. The van der Waals surface area contributed by atoms with Gasteiger partial charge in [-0.1, -0.05) is 23.7 Å². The number of nitro benzene ring substituents is 1. The first-order valence-corrected chi connectivity index (χ1v) is 6.00. The number of carbonyl (C=O) groups excluding carboxylic acids is 1. The summed E-state index contributed by atoms with van der Waals surface area (Å²) in [4.78, 5) is 22.0. The molecule has 0 saturated carbocycles. The smallest absolute Gasteiger partial charge is 0.288 e. The summed E-state index contributed by atoms with van der Waals surface area (Å²) in [6.45, 7) is 0. The molecule has 0 fully saturated rings. The normalized spacial score (nSPS) is 10.9. The first-order chi connectivity index (χ1) is 9.47. The Morgan fingerprint density at radius 1 is 1.50 bits per heavy atom. The Kier molecular flexibility index (Phi) is 3.95. The van der Waals surface area contributed by atoms with Crippen molar-refractivity contribution >= 4 is 29.1 Å². The van der Waals surface area contributed by atoms with Gasteiger partial charge in [0.1, 0.15) is 5.02 Å². The zero-order valence-electron chi connectivity index (χ0n) is 10.5. The van der Waals surface area contributed by atoms with Gasteiger partial charge < -0.3 is 0 Å². The molecule has 0 bridgehead atoms. The molecule has 102 valence electrons. The number of carbonyl (C=O) groups is 1. The van der Waals surface area contributed by atoms with E-state index in [4.69, 9.17) is 11.6 Å². The number of aromatic nitrogens is 2. The summed E-state index contributed by atoms with van der Waals surface area (Å²) >= 11 is 5.71. The third-order valence-electron chi connectivity index (χ3n) is 2.58. The molecule has 0 N–H and O–H groups in total. The number of benzene rings is 1. The largest absolute Gasteiger partial charge is 0.289 e. The summed E-state index contributed by atoms with van der Waals surface area (Å²) in [7, 11) is 1.71. The fourth-order valence-electron chi connectivity index (χ4n) is 1.59. The Hall–Kier alpha value is -2.47. The van der Waals surface area contributed by atoms with Crippen LogP contribution < -0.4 is 0 Å². The number of halogens is 1. The Labute approximate surface area is 119 Å². The van der Waals surface area contributed by atoms with Crippen LogP contribution in [0.5, 0.6) is 0 Å². The van der Waals surface area contributed by atoms with Crippen molar-refractivity contribution < 1.29 is 9.72 Å². The summed E-state index contributed by atoms with van der Waals surface area (Å²) in [5, 5.41) is 14.7. The SMILES string of the molecule is Cn1cc(C(=O)C=Cc2ccc(Cl)c([N+](=O)[O-])c2)cn1. The summed E-state index contributed by atoms with van der Waals surface area (Å²) in [5.74, 6) is -0.226. The van der Waals surface area contributed by atoms with E-state index in [1.165, 1.54) is 35.2 Å². The van der Waals surface area contributed by atoms with Crippen LogP contribution in [-0.2, 0) is 7.05 Å². The molecule has 0 atom stereocenters. The topological polar surface area (TPSA) is 78.0 Å². The van der Waals surface area contributed by atoms with Crippen molar-refractivity contribution in [3.05, 3.63) is 62.9 Å². The molecule has 0 saturated heterocycles. The molecule has 2 rings (SSSR count). The molecular formula is C13H10ClN3O3. The molecule has 1 heterocycles. The molecule has 0 aliphatic rings. The van der Waals surface area contributed by atoms with Crippen molar-refractivity contribution in [1.82, 2.24) is 9.78 Å². The van der Waals surface area contributed by atoms with Gasteiger partial charge in [-0.2, -0.15) is 5.10 Å². The highest BCUT2D eigenvalue weighted by Gasteiger charge is 2.12. The van der Waals surface area contributed by atoms with Gasteiger partial charge in [0.25, 0.3) is 5.69 Å². The van der Waals surface area contributed by atoms with E-state index in [1.807, 2.05) is 0 Å². The van der Waals surface area contributed by atoms with E-state index in [1.54, 1.807) is 19.3 Å². The van der Waals surface area contributed by atoms with Gasteiger partial charge in [0, 0.05) is 19.3 Å². The number of nitrogens with zero attached hydrogens (tertiary/aromatic N) is 3. The van der Waals surface area contributed by atoms with E-state index in [0.717, 1.165) is 0 Å². The first-order valence-electron chi connectivity index (χ1n) is 5.62. The van der Waals surface area contributed by atoms with Crippen molar-refractivity contribution in [3.8, 4) is 0 Å². The standard InChI is InChI=1S/C13H10ClN3O3/c1-16-8-10(7-15-16)13(18)5-3-9-2-4-11(14)12(6-9)17(19)20/h2-8H,1H3. The maximum atomic E-state index is 11.8. The Morgan fingerprint density at radius 3 is 2.85 bits per heavy atom. The molecule has 6 nitrogen and oxygen atoms in total. The van der Waals surface area contributed by atoms with Crippen LogP contribution in [0.1, 0.15) is 15.9 Å². The molecule has 2 aromatic rings. The third-order valence-corrected chi connectivity index (χ3v) is 2.90. The lowest BCUT2D eigenvalue weighted by atomic mass is 10.1. The van der Waals surface area contributed by atoms with Gasteiger partial charge in [0.15, 0.2) is 5.78 Å². The fraction of sp³-hybridized carbons (Fsp3) is 0.0769. The number of allylic oxidation sites excluding steroid dienone is 1. The molecule has 0 unspecified atom stereocenters. The minimum Gasteiger partial charge on any atom is -0.289 e. The summed E-state index contributed by atoms with van der Waals surface area (Å²) < 4.78 is 1.52. The maximum absolute atomic E-state index is 11.8. The minimum absolute atomic E-state index is 0.0609. The number of rotatable bonds is 4. The van der Waals surface area contributed by atoms with Gasteiger partial charge in [0.2, 0.25) is 0 Å². The Bertz CT molecular complexity index is 707. The van der Waals surface area contributed by atoms with Gasteiger partial charge >= 0.3 is 0 Å². The van der Waals surface area contributed by atoms with E-state index in [2.05, 4.69) is 5.10 Å². The van der Waals surface area contributed by atoms with Crippen LogP contribution in [0, 0.1) is 10.1 Å². The molecule has 0 spiro atoms. The van der Waals surface area contributed by atoms with Crippen LogP contribution in [0.2, 0.25) is 5.02 Å². The number of aryl methyl sites for hydroxylation is 1. The zero-order chi connectivity index (χ0) is 14.7. The monoisotopic (exact) mass is 291 g/mol. The second-order valence-electron chi connectivity index (χ2n) is 4.07.